The Bertz CT molecular complexity index is 4980. The van der Waals surface area contributed by atoms with Crippen LogP contribution in [0.25, 0.3) is 0 Å². The number of pyridine rings is 6. The summed E-state index contributed by atoms with van der Waals surface area (Å²) in [6, 6.07) is 33.8. The van der Waals surface area contributed by atoms with Gasteiger partial charge in [-0.25, -0.2) is 16.8 Å². The zero-order valence-corrected chi connectivity index (χ0v) is 75.1. The Kier molecular flexibility index (Phi) is 33.5. The van der Waals surface area contributed by atoms with Gasteiger partial charge in [-0.3, -0.25) is 44.3 Å². The molecule has 24 nitrogen and oxygen atoms in total. The second-order valence-electron chi connectivity index (χ2n) is 36.5. The maximum absolute atomic E-state index is 12.5. The lowest BCUT2D eigenvalue weighted by Gasteiger charge is -2.27. The first-order chi connectivity index (χ1) is 60.7. The fourth-order valence-corrected chi connectivity index (χ4v) is 19.1. The topological polar surface area (TPSA) is 306 Å². The van der Waals surface area contributed by atoms with Crippen molar-refractivity contribution in [3.63, 3.8) is 0 Å². The largest absolute Gasteiger partial charge is 0.490 e. The monoisotopic (exact) mass is 1740 g/mol. The molecule has 26 heteroatoms. The number of sulfone groups is 2. The molecule has 5 N–H and O–H groups in total. The highest BCUT2D eigenvalue weighted by molar-refractivity contribution is 7.91. The zero-order valence-electron chi connectivity index (χ0n) is 73.4. The minimum absolute atomic E-state index is 0.138. The van der Waals surface area contributed by atoms with Crippen molar-refractivity contribution in [2.45, 2.75) is 220 Å². The molecule has 10 aliphatic rings. The third-order valence-electron chi connectivity index (χ3n) is 26.4. The molecular formula is C99H130N12O12S2. The molecule has 6 aromatic heterocycles. The first-order valence-corrected chi connectivity index (χ1v) is 49.7. The molecule has 5 saturated carbocycles. The summed E-state index contributed by atoms with van der Waals surface area (Å²) in [5.41, 5.74) is 9.23. The molecule has 8 aromatic rings. The van der Waals surface area contributed by atoms with Crippen molar-refractivity contribution in [1.82, 2.24) is 61.4 Å². The molecule has 18 rings (SSSR count). The fourth-order valence-electron chi connectivity index (χ4n) is 17.1. The number of amides is 1. The van der Waals surface area contributed by atoms with E-state index in [1.54, 1.807) is 73.3 Å². The molecule has 15 atom stereocenters. The molecule has 5 saturated heterocycles. The summed E-state index contributed by atoms with van der Waals surface area (Å²) in [5.74, 6) is 11.5. The third-order valence-corrected chi connectivity index (χ3v) is 29.2. The van der Waals surface area contributed by atoms with Gasteiger partial charge in [0.1, 0.15) is 77.4 Å². The van der Waals surface area contributed by atoms with Gasteiger partial charge in [-0.15, -0.1) is 0 Å². The number of nitrogens with zero attached hydrogens (tertiary/aromatic N) is 7. The van der Waals surface area contributed by atoms with Crippen LogP contribution in [0.15, 0.2) is 176 Å². The smallest absolute Gasteiger partial charge is 0.219 e. The Morgan fingerprint density at radius 3 is 1.09 bits per heavy atom. The number of Topliss-reactive ketones (excluding diaryl/α,β-unsaturated/α-hetero) is 2. The summed E-state index contributed by atoms with van der Waals surface area (Å²) >= 11 is 0. The standard InChI is InChI=1S/C23H28N2O2.C22H28N2O3S.C21H25N3O2.C17H25N3O2.C16H24N2O3S/c26-21(11-17-5-2-1-3-6-17)8-4-7-18-13-23(18)19-12-22(15-24-14-19)27-16-20-9-10-25-20;1-16-4-6-21(7-5-16)28(25,26)10-2-3-17-12-22(17)18-11-20(14-23-13-18)27-15-19-8-9-24-19;25-21(15-4-7-22-8-5-15)3-1-2-16-11-20(16)17-10-19(13-23-12-17)26-14-18-6-9-24-18;1-12(21)20(2)6-4-13-8-17(13)14-7-16(10-18-9-14)22-11-15-3-5-19-15;1-22(19,20)6-2-3-12-8-16(12)13-7-15(10-17-9-13)21-11-14-4-5-18-14/h1-3,5-6,12,14-15,18,20,23,25H,4,7-11,13,16H2;4-7,11,13-14,17,19,22,24H,2-3,8-10,12,15H2,1H3;4-5,7-8,10,12-13,16,18,20,24H,1-3,6,9,11,14H2;7,9-10,13,15,17,19H,3-6,8,11H2,1-2H3;7,9-10,12,14,16,18H,2-6,8,11H2,1H3/t18-,20-,23-;17-,19-,22-;16-,18-,20-;13-,15-,17-;12-,14-,16-/m00000/s1. The minimum atomic E-state index is -3.18. The van der Waals surface area contributed by atoms with Crippen LogP contribution in [0.4, 0.5) is 0 Å². The maximum Gasteiger partial charge on any atom is 0.219 e. The van der Waals surface area contributed by atoms with Crippen LogP contribution >= 0.6 is 0 Å². The van der Waals surface area contributed by atoms with Crippen LogP contribution in [0.2, 0.25) is 0 Å². The fraction of sp³-hybridized carbons (Fsp3) is 0.545. The van der Waals surface area contributed by atoms with Crippen LogP contribution in [0, 0.1) is 36.5 Å². The summed E-state index contributed by atoms with van der Waals surface area (Å²) in [6.07, 6.45) is 45.6. The van der Waals surface area contributed by atoms with Gasteiger partial charge in [0, 0.05) is 131 Å². The first kappa shape index (κ1) is 92.0. The number of aryl methyl sites for hydroxylation is 1. The lowest BCUT2D eigenvalue weighted by molar-refractivity contribution is -0.127. The first-order valence-electron chi connectivity index (χ1n) is 46.0. The molecule has 1 amide bonds. The van der Waals surface area contributed by atoms with E-state index in [1.807, 2.05) is 93.6 Å². The molecule has 0 spiro atoms. The van der Waals surface area contributed by atoms with E-state index in [0.717, 1.165) is 169 Å². The molecule has 2 aromatic carbocycles. The Labute approximate surface area is 740 Å². The van der Waals surface area contributed by atoms with Gasteiger partial charge >= 0.3 is 0 Å². The Balaban J connectivity index is 0.000000127. The van der Waals surface area contributed by atoms with Crippen molar-refractivity contribution < 1.29 is 54.9 Å². The van der Waals surface area contributed by atoms with Crippen molar-refractivity contribution >= 4 is 37.1 Å². The normalized spacial score (nSPS) is 24.8. The number of hydrogen-bond acceptors (Lipinski definition) is 23. The van der Waals surface area contributed by atoms with E-state index in [1.165, 1.54) is 85.4 Å². The van der Waals surface area contributed by atoms with Crippen LogP contribution in [-0.2, 0) is 35.7 Å². The van der Waals surface area contributed by atoms with Gasteiger partial charge in [-0.05, 0) is 309 Å². The van der Waals surface area contributed by atoms with E-state index in [0.29, 0.717) is 145 Å². The van der Waals surface area contributed by atoms with Crippen LogP contribution < -0.4 is 50.3 Å². The predicted molar refractivity (Wildman–Crippen MR) is 486 cm³/mol. The van der Waals surface area contributed by atoms with E-state index in [4.69, 9.17) is 23.7 Å². The van der Waals surface area contributed by atoms with Gasteiger partial charge in [0.2, 0.25) is 5.91 Å². The molecule has 125 heavy (non-hydrogen) atoms. The average molecular weight is 1740 g/mol. The second kappa shape index (κ2) is 45.5. The summed E-state index contributed by atoms with van der Waals surface area (Å²) in [5, 5.41) is 16.7. The number of ether oxygens (including phenoxy) is 5. The van der Waals surface area contributed by atoms with E-state index >= 15 is 0 Å². The van der Waals surface area contributed by atoms with Gasteiger partial charge < -0.3 is 55.2 Å². The number of aromatic nitrogens is 6. The quantitative estimate of drug-likeness (QED) is 0.0222. The van der Waals surface area contributed by atoms with Crippen molar-refractivity contribution in [3.05, 3.63) is 216 Å². The van der Waals surface area contributed by atoms with Crippen LogP contribution in [0.3, 0.4) is 0 Å². The van der Waals surface area contributed by atoms with Gasteiger partial charge in [0.05, 0.1) is 41.6 Å². The predicted octanol–water partition coefficient (Wildman–Crippen LogP) is 14.3. The zero-order chi connectivity index (χ0) is 86.9. The molecule has 0 bridgehead atoms. The third kappa shape index (κ3) is 30.0. The Morgan fingerprint density at radius 2 is 0.752 bits per heavy atom. The summed E-state index contributed by atoms with van der Waals surface area (Å²) < 4.78 is 76.4. The van der Waals surface area contributed by atoms with Crippen molar-refractivity contribution in [3.8, 4) is 28.7 Å². The molecule has 0 radical (unpaired) electrons. The Morgan fingerprint density at radius 1 is 0.416 bits per heavy atom. The molecule has 5 aliphatic carbocycles. The van der Waals surface area contributed by atoms with E-state index in [-0.39, 0.29) is 17.4 Å². The van der Waals surface area contributed by atoms with Gasteiger partial charge in [0.25, 0.3) is 0 Å². The van der Waals surface area contributed by atoms with Crippen molar-refractivity contribution in [1.29, 1.82) is 0 Å². The SMILES string of the molecule is CC(=O)N(C)CC[C@H]1C[C@@H]1c1cncc(OC[C@@H]2CCN2)c1.CS(=O)(=O)CCC[C@H]1C[C@@H]1c1cncc(OC[C@@H]2CCN2)c1.Cc1ccc(S(=O)(=O)CCC[C@H]2C[C@@H]2c2cncc(OC[C@@H]3CCN3)c2)cc1.O=C(CCC[C@H]1C[C@@H]1c1cncc(OC[C@@H]2CCN2)c1)Cc1ccccc1.O=C(CCC[C@H]1C[C@@H]1c1cncc(OC[C@@H]2CCN2)c1)c1ccncc1. The number of ketones is 2. The van der Waals surface area contributed by atoms with E-state index in [9.17, 15) is 31.2 Å². The Hall–Kier alpha value is -9.15. The van der Waals surface area contributed by atoms with Crippen LogP contribution in [-0.4, -0.2) is 196 Å². The second-order valence-corrected chi connectivity index (χ2v) is 40.8. The van der Waals surface area contributed by atoms with Crippen molar-refractivity contribution in [2.24, 2.45) is 29.6 Å². The van der Waals surface area contributed by atoms with Crippen molar-refractivity contribution in [2.75, 3.05) is 97.1 Å². The summed E-state index contributed by atoms with van der Waals surface area (Å²) in [4.78, 5) is 63.3. The van der Waals surface area contributed by atoms with Crippen LogP contribution in [0.5, 0.6) is 28.7 Å². The van der Waals surface area contributed by atoms with Gasteiger partial charge in [-0.2, -0.15) is 0 Å². The molecule has 670 valence electrons. The highest BCUT2D eigenvalue weighted by Gasteiger charge is 2.43. The maximum atomic E-state index is 12.5. The van der Waals surface area contributed by atoms with Gasteiger partial charge in [-0.1, -0.05) is 48.0 Å². The molecule has 11 heterocycles. The summed E-state index contributed by atoms with van der Waals surface area (Å²) in [7, 11) is -4.15. The average Bonchev–Trinajstić information content (AvgIpc) is 1.67. The van der Waals surface area contributed by atoms with Crippen LogP contribution in [0.1, 0.15) is 221 Å². The number of rotatable bonds is 43. The minimum Gasteiger partial charge on any atom is -0.490 e. The molecule has 5 aliphatic heterocycles. The summed E-state index contributed by atoms with van der Waals surface area (Å²) in [6.45, 7) is 13.4. The van der Waals surface area contributed by atoms with Gasteiger partial charge in [0.15, 0.2) is 15.6 Å². The molecular weight excluding hydrogens is 1610 g/mol. The lowest BCUT2D eigenvalue weighted by atomic mass is 10.0. The number of benzene rings is 2. The number of carbonyl (C=O) groups excluding carboxylic acids is 3. The molecule has 0 unspecified atom stereocenters. The lowest BCUT2D eigenvalue weighted by Crippen LogP contribution is -2.46. The number of nitrogens with one attached hydrogen (secondary N) is 5. The van der Waals surface area contributed by atoms with E-state index in [2.05, 4.69) is 86.8 Å². The molecule has 10 fully saturated rings. The number of hydrogen-bond donors (Lipinski definition) is 5. The number of carbonyl (C=O) groups is 3. The highest BCUT2D eigenvalue weighted by Crippen LogP contribution is 2.54. The van der Waals surface area contributed by atoms with E-state index < -0.39 is 19.7 Å². The highest BCUT2D eigenvalue weighted by atomic mass is 32.2.